The summed E-state index contributed by atoms with van der Waals surface area (Å²) in [6, 6.07) is 12.9. The first kappa shape index (κ1) is 16.6. The monoisotopic (exact) mass is 350 g/mol. The Hall–Kier alpha value is -2.82. The molecule has 0 N–H and O–H groups in total. The topological polar surface area (TPSA) is 55.5 Å². The lowest BCUT2D eigenvalue weighted by molar-refractivity contribution is 0.0637. The molecule has 0 saturated carbocycles. The molecule has 3 aromatic rings. The van der Waals surface area contributed by atoms with Crippen molar-refractivity contribution in [3.63, 3.8) is 0 Å². The van der Waals surface area contributed by atoms with Crippen LogP contribution >= 0.6 is 0 Å². The zero-order valence-corrected chi connectivity index (χ0v) is 14.9. The molecule has 1 amide bonds. The van der Waals surface area contributed by atoms with Crippen molar-refractivity contribution in [1.29, 1.82) is 0 Å². The Morgan fingerprint density at radius 3 is 2.77 bits per heavy atom. The Balaban J connectivity index is 1.75. The molecular weight excluding hydrogens is 328 g/mol. The second-order valence-electron chi connectivity index (χ2n) is 6.89. The molecular formula is C21H22N2O3. The molecule has 1 aliphatic heterocycles. The number of likely N-dealkylation sites (tertiary alicyclic amines) is 1. The zero-order valence-electron chi connectivity index (χ0n) is 14.9. The fourth-order valence-corrected chi connectivity index (χ4v) is 3.86. The third-order valence-electron chi connectivity index (χ3n) is 5.22. The maximum absolute atomic E-state index is 13.2. The van der Waals surface area contributed by atoms with Crippen LogP contribution in [0.3, 0.4) is 0 Å². The van der Waals surface area contributed by atoms with E-state index in [0.29, 0.717) is 11.9 Å². The highest BCUT2D eigenvalue weighted by molar-refractivity contribution is 5.95. The fourth-order valence-electron chi connectivity index (χ4n) is 3.86. The van der Waals surface area contributed by atoms with E-state index in [1.165, 1.54) is 0 Å². The Kier molecular flexibility index (Phi) is 4.37. The minimum Gasteiger partial charge on any atom is -0.417 e. The number of carbonyl (C=O) groups is 1. The molecule has 5 heteroatoms. The molecule has 1 atom stereocenters. The summed E-state index contributed by atoms with van der Waals surface area (Å²) in [6.07, 6.45) is 6.07. The number of aromatic nitrogens is 1. The molecule has 1 aromatic carbocycles. The number of nitrogens with zero attached hydrogens (tertiary/aromatic N) is 2. The van der Waals surface area contributed by atoms with Crippen LogP contribution in [-0.4, -0.2) is 21.9 Å². The van der Waals surface area contributed by atoms with Crippen LogP contribution in [-0.2, 0) is 7.05 Å². The van der Waals surface area contributed by atoms with Crippen LogP contribution in [0.25, 0.3) is 10.8 Å². The number of carbonyl (C=O) groups excluding carboxylic acids is 1. The molecule has 1 aliphatic rings. The standard InChI is InChI=1S/C21H22N2O3/c1-22-12-7-11-17(22)18-10-3-2-6-13-23(18)20(24)19-14-15-8-4-5-9-16(15)21(25)26-19/h4-5,7-9,11-12,14,18H,2-3,6,10,13H2,1H3. The van der Waals surface area contributed by atoms with Crippen molar-refractivity contribution in [2.24, 2.45) is 7.05 Å². The van der Waals surface area contributed by atoms with Gasteiger partial charge < -0.3 is 13.9 Å². The van der Waals surface area contributed by atoms with E-state index in [4.69, 9.17) is 4.42 Å². The molecule has 2 aromatic heterocycles. The van der Waals surface area contributed by atoms with Gasteiger partial charge in [0, 0.05) is 25.5 Å². The van der Waals surface area contributed by atoms with Gasteiger partial charge in [-0.2, -0.15) is 0 Å². The smallest absolute Gasteiger partial charge is 0.344 e. The molecule has 26 heavy (non-hydrogen) atoms. The summed E-state index contributed by atoms with van der Waals surface area (Å²) in [4.78, 5) is 27.4. The van der Waals surface area contributed by atoms with E-state index in [9.17, 15) is 9.59 Å². The quantitative estimate of drug-likeness (QED) is 0.704. The van der Waals surface area contributed by atoms with Crippen LogP contribution in [0.5, 0.6) is 0 Å². The van der Waals surface area contributed by atoms with Crippen LogP contribution in [0.15, 0.2) is 57.9 Å². The van der Waals surface area contributed by atoms with Crippen LogP contribution in [0.1, 0.15) is 48.0 Å². The van der Waals surface area contributed by atoms with Gasteiger partial charge in [0.1, 0.15) is 0 Å². The van der Waals surface area contributed by atoms with Crippen LogP contribution in [0.2, 0.25) is 0 Å². The second-order valence-corrected chi connectivity index (χ2v) is 6.89. The third-order valence-corrected chi connectivity index (χ3v) is 5.22. The Bertz CT molecular complexity index is 1000. The van der Waals surface area contributed by atoms with E-state index in [-0.39, 0.29) is 17.7 Å². The summed E-state index contributed by atoms with van der Waals surface area (Å²) in [6.45, 7) is 0.672. The highest BCUT2D eigenvalue weighted by atomic mass is 16.4. The van der Waals surface area contributed by atoms with Crippen LogP contribution in [0, 0.1) is 0 Å². The minimum atomic E-state index is -0.461. The van der Waals surface area contributed by atoms with Gasteiger partial charge in [-0.1, -0.05) is 31.0 Å². The largest absolute Gasteiger partial charge is 0.417 e. The molecule has 0 radical (unpaired) electrons. The molecule has 134 valence electrons. The first-order valence-electron chi connectivity index (χ1n) is 9.10. The van der Waals surface area contributed by atoms with Gasteiger partial charge in [0.2, 0.25) is 0 Å². The summed E-state index contributed by atoms with van der Waals surface area (Å²) < 4.78 is 7.45. The lowest BCUT2D eigenvalue weighted by atomic mass is 10.1. The summed E-state index contributed by atoms with van der Waals surface area (Å²) in [5.41, 5.74) is 0.653. The number of benzene rings is 1. The molecule has 5 nitrogen and oxygen atoms in total. The summed E-state index contributed by atoms with van der Waals surface area (Å²) in [5, 5.41) is 1.23. The number of rotatable bonds is 2. The Morgan fingerprint density at radius 2 is 1.96 bits per heavy atom. The fraction of sp³-hybridized carbons (Fsp3) is 0.333. The average molecular weight is 350 g/mol. The number of amides is 1. The lowest BCUT2D eigenvalue weighted by Gasteiger charge is -2.30. The van der Waals surface area contributed by atoms with Crippen molar-refractivity contribution in [3.8, 4) is 0 Å². The zero-order chi connectivity index (χ0) is 18.1. The van der Waals surface area contributed by atoms with E-state index in [2.05, 4.69) is 10.6 Å². The van der Waals surface area contributed by atoms with Gasteiger partial charge in [0.05, 0.1) is 11.4 Å². The second kappa shape index (κ2) is 6.83. The van der Waals surface area contributed by atoms with Gasteiger partial charge in [-0.3, -0.25) is 4.79 Å². The van der Waals surface area contributed by atoms with Crippen molar-refractivity contribution in [2.75, 3.05) is 6.54 Å². The first-order chi connectivity index (χ1) is 12.6. The molecule has 0 spiro atoms. The van der Waals surface area contributed by atoms with E-state index < -0.39 is 5.63 Å². The van der Waals surface area contributed by atoms with E-state index >= 15 is 0 Å². The third kappa shape index (κ3) is 2.94. The van der Waals surface area contributed by atoms with Crippen LogP contribution in [0.4, 0.5) is 0 Å². The molecule has 3 heterocycles. The maximum atomic E-state index is 13.2. The SMILES string of the molecule is Cn1cccc1C1CCCCCN1C(=O)c1cc2ccccc2c(=O)o1. The molecule has 4 rings (SSSR count). The molecule has 1 fully saturated rings. The first-order valence-corrected chi connectivity index (χ1v) is 9.10. The summed E-state index contributed by atoms with van der Waals surface area (Å²) in [7, 11) is 2.00. The molecule has 0 bridgehead atoms. The lowest BCUT2D eigenvalue weighted by Crippen LogP contribution is -2.36. The van der Waals surface area contributed by atoms with Gasteiger partial charge in [-0.25, -0.2) is 4.79 Å². The number of fused-ring (bicyclic) bond motifs is 1. The van der Waals surface area contributed by atoms with E-state index in [1.54, 1.807) is 18.2 Å². The van der Waals surface area contributed by atoms with Gasteiger partial charge in [0.25, 0.3) is 5.91 Å². The maximum Gasteiger partial charge on any atom is 0.344 e. The number of aryl methyl sites for hydroxylation is 1. The molecule has 1 unspecified atom stereocenters. The summed E-state index contributed by atoms with van der Waals surface area (Å²) >= 11 is 0. The molecule has 1 saturated heterocycles. The van der Waals surface area contributed by atoms with Crippen LogP contribution < -0.4 is 5.63 Å². The van der Waals surface area contributed by atoms with Crippen molar-refractivity contribution < 1.29 is 9.21 Å². The highest BCUT2D eigenvalue weighted by Crippen LogP contribution is 2.31. The van der Waals surface area contributed by atoms with E-state index in [1.807, 2.05) is 36.3 Å². The van der Waals surface area contributed by atoms with Crippen molar-refractivity contribution in [2.45, 2.75) is 31.7 Å². The highest BCUT2D eigenvalue weighted by Gasteiger charge is 2.30. The Labute approximate surface area is 151 Å². The number of hydrogen-bond acceptors (Lipinski definition) is 3. The molecule has 0 aliphatic carbocycles. The van der Waals surface area contributed by atoms with Gasteiger partial charge in [0.15, 0.2) is 5.76 Å². The van der Waals surface area contributed by atoms with E-state index in [0.717, 1.165) is 36.8 Å². The predicted octanol–water partition coefficient (Wildman–Crippen LogP) is 3.89. The summed E-state index contributed by atoms with van der Waals surface area (Å²) in [5.74, 6) is -0.0873. The van der Waals surface area contributed by atoms with Crippen molar-refractivity contribution in [1.82, 2.24) is 9.47 Å². The van der Waals surface area contributed by atoms with Crippen molar-refractivity contribution >= 4 is 16.7 Å². The van der Waals surface area contributed by atoms with Gasteiger partial charge >= 0.3 is 5.63 Å². The predicted molar refractivity (Wildman–Crippen MR) is 100 cm³/mol. The normalized spacial score (nSPS) is 18.0. The van der Waals surface area contributed by atoms with Gasteiger partial charge in [-0.05, 0) is 42.5 Å². The average Bonchev–Trinajstić information content (AvgIpc) is 2.93. The van der Waals surface area contributed by atoms with Crippen molar-refractivity contribution in [3.05, 3.63) is 70.5 Å². The number of hydrogen-bond donors (Lipinski definition) is 0. The van der Waals surface area contributed by atoms with Gasteiger partial charge in [-0.15, -0.1) is 0 Å². The Morgan fingerprint density at radius 1 is 1.12 bits per heavy atom. The minimum absolute atomic E-state index is 0.00164.